The molecule has 0 N–H and O–H groups in total. The Labute approximate surface area is 120 Å². The predicted octanol–water partition coefficient (Wildman–Crippen LogP) is 4.42. The van der Waals surface area contributed by atoms with Gasteiger partial charge in [0.15, 0.2) is 0 Å². The molecule has 2 nitrogen and oxygen atoms in total. The third-order valence-corrected chi connectivity index (χ3v) is 13.5. The Morgan fingerprint density at radius 3 is 1.89 bits per heavy atom. The van der Waals surface area contributed by atoms with Gasteiger partial charge in [-0.15, -0.1) is 0 Å². The molecule has 7 heteroatoms. The Morgan fingerprint density at radius 1 is 1.00 bits per heavy atom. The summed E-state index contributed by atoms with van der Waals surface area (Å²) in [5.74, 6) is -3.48. The van der Waals surface area contributed by atoms with Gasteiger partial charge in [0.2, 0.25) is 0 Å². The molecule has 1 rings (SSSR count). The van der Waals surface area contributed by atoms with Crippen LogP contribution in [0.4, 0.5) is 13.2 Å². The van der Waals surface area contributed by atoms with Gasteiger partial charge < -0.3 is 0 Å². The van der Waals surface area contributed by atoms with Gasteiger partial charge in [-0.1, -0.05) is 0 Å². The van der Waals surface area contributed by atoms with E-state index in [0.29, 0.717) is 12.1 Å². The van der Waals surface area contributed by atoms with Crippen molar-refractivity contribution < 1.29 is 37.8 Å². The third-order valence-electron chi connectivity index (χ3n) is 3.46. The molecule has 1 aromatic rings. The normalized spacial score (nSPS) is 11.3. The molecule has 0 aromatic heterocycles. The monoisotopic (exact) mass is 342 g/mol. The Bertz CT molecular complexity index is 396. The van der Waals surface area contributed by atoms with Crippen molar-refractivity contribution in [2.75, 3.05) is 0 Å². The van der Waals surface area contributed by atoms with Crippen molar-refractivity contribution in [3.05, 3.63) is 29.6 Å². The first-order valence-electron chi connectivity index (χ1n) is 6.39. The van der Waals surface area contributed by atoms with Crippen LogP contribution in [0.5, 0.6) is 5.75 Å². The second-order valence-corrected chi connectivity index (χ2v) is 12.0. The summed E-state index contributed by atoms with van der Waals surface area (Å²) in [5.41, 5.74) is 0. The van der Waals surface area contributed by atoms with Crippen LogP contribution in [-0.4, -0.2) is 8.32 Å². The van der Waals surface area contributed by atoms with Crippen LogP contribution >= 0.6 is 0 Å². The van der Waals surface area contributed by atoms with Crippen LogP contribution in [0.15, 0.2) is 12.1 Å². The van der Waals surface area contributed by atoms with E-state index >= 15 is 0 Å². The second-order valence-electron chi connectivity index (χ2n) is 4.35. The summed E-state index contributed by atoms with van der Waals surface area (Å²) >= 11 is -1.98. The van der Waals surface area contributed by atoms with Crippen molar-refractivity contribution in [2.24, 2.45) is 0 Å². The standard InChI is InChI=1S/C6H3F3O.C6H15OSi.Zn/c7-3-1-4(8)6(10)5(9)2-3;1-4-8(7,5-2)6-3;/h1-2,10H;4-6H2,1-3H3;/q;-1;+2/p-1. The molecular formula is C12H17F3O2SiZn. The molecule has 0 atom stereocenters. The zero-order chi connectivity index (χ0) is 14.5. The number of hydrogen-bond donors (Lipinski definition) is 0. The van der Waals surface area contributed by atoms with Crippen molar-refractivity contribution in [3.8, 4) is 5.75 Å². The minimum absolute atomic E-state index is 0.507. The molecule has 0 spiro atoms. The maximum atomic E-state index is 13.4. The summed E-state index contributed by atoms with van der Waals surface area (Å²) in [6, 6.07) is 4.12. The van der Waals surface area contributed by atoms with E-state index in [0.717, 1.165) is 18.1 Å². The molecule has 0 saturated carbocycles. The van der Waals surface area contributed by atoms with Gasteiger partial charge in [-0.3, -0.25) is 0 Å². The van der Waals surface area contributed by atoms with E-state index in [9.17, 15) is 13.2 Å². The van der Waals surface area contributed by atoms with E-state index in [-0.39, 0.29) is 0 Å². The predicted molar refractivity (Wildman–Crippen MR) is 65.2 cm³/mol. The Kier molecular flexibility index (Phi) is 6.50. The van der Waals surface area contributed by atoms with Crippen LogP contribution in [0, 0.1) is 17.5 Å². The zero-order valence-electron chi connectivity index (χ0n) is 11.4. The average molecular weight is 344 g/mol. The quantitative estimate of drug-likeness (QED) is 0.682. The van der Waals surface area contributed by atoms with Crippen LogP contribution in [0.1, 0.15) is 20.8 Å². The summed E-state index contributed by atoms with van der Waals surface area (Å²) in [5, 5.41) is 0. The summed E-state index contributed by atoms with van der Waals surface area (Å²) in [6.07, 6.45) is 0. The first kappa shape index (κ1) is 16.7. The molecule has 104 valence electrons. The van der Waals surface area contributed by atoms with E-state index < -0.39 is 49.4 Å². The maximum absolute atomic E-state index is 13.4. The number of hydrogen-bond acceptors (Lipinski definition) is 2. The Hall–Kier alpha value is -0.390. The van der Waals surface area contributed by atoms with Gasteiger partial charge in [-0.2, -0.15) is 0 Å². The van der Waals surface area contributed by atoms with Crippen molar-refractivity contribution >= 4 is 8.32 Å². The molecule has 0 aliphatic rings. The Balaban J connectivity index is 2.68. The van der Waals surface area contributed by atoms with Gasteiger partial charge in [0.25, 0.3) is 0 Å². The fourth-order valence-electron chi connectivity index (χ4n) is 1.94. The van der Waals surface area contributed by atoms with Crippen molar-refractivity contribution in [3.63, 3.8) is 0 Å². The molecule has 0 fully saturated rings. The molecule has 0 unspecified atom stereocenters. The molecule has 1 aromatic carbocycles. The molecule has 0 saturated heterocycles. The number of rotatable bonds is 7. The topological polar surface area (TPSA) is 18.5 Å². The van der Waals surface area contributed by atoms with Crippen LogP contribution in [0.3, 0.4) is 0 Å². The molecule has 0 aliphatic carbocycles. The molecular weight excluding hydrogens is 327 g/mol. The molecule has 0 bridgehead atoms. The van der Waals surface area contributed by atoms with E-state index in [2.05, 4.69) is 20.8 Å². The average Bonchev–Trinajstić information content (AvgIpc) is 2.38. The minimum atomic E-state index is -1.98. The fourth-order valence-corrected chi connectivity index (χ4v) is 11.0. The van der Waals surface area contributed by atoms with Gasteiger partial charge >= 0.3 is 120 Å². The van der Waals surface area contributed by atoms with Crippen LogP contribution in [-0.2, 0) is 21.1 Å². The van der Waals surface area contributed by atoms with Gasteiger partial charge in [0, 0.05) is 0 Å². The van der Waals surface area contributed by atoms with Crippen molar-refractivity contribution in [1.82, 2.24) is 0 Å². The first-order valence-corrected chi connectivity index (χ1v) is 11.3. The summed E-state index contributed by atoms with van der Waals surface area (Å²) < 4.78 is 50.5. The van der Waals surface area contributed by atoms with E-state index in [1.165, 1.54) is 0 Å². The van der Waals surface area contributed by atoms with Gasteiger partial charge in [-0.25, -0.2) is 0 Å². The van der Waals surface area contributed by atoms with Crippen molar-refractivity contribution in [2.45, 2.75) is 38.9 Å². The molecule has 0 amide bonds. The fraction of sp³-hybridized carbons (Fsp3) is 0.500. The van der Waals surface area contributed by atoms with E-state index in [4.69, 9.17) is 6.82 Å². The molecule has 19 heavy (non-hydrogen) atoms. The second kappa shape index (κ2) is 7.41. The summed E-state index contributed by atoms with van der Waals surface area (Å²) in [4.78, 5) is 0. The van der Waals surface area contributed by atoms with Crippen LogP contribution in [0.25, 0.3) is 0 Å². The molecule has 0 radical (unpaired) electrons. The third kappa shape index (κ3) is 4.29. The molecule has 0 heterocycles. The Morgan fingerprint density at radius 2 is 1.47 bits per heavy atom. The number of halogens is 3. The van der Waals surface area contributed by atoms with Crippen LogP contribution < -0.4 is 3.56 Å². The van der Waals surface area contributed by atoms with E-state index in [1.807, 2.05) is 0 Å². The SMILES string of the molecule is CC[Si](CC)(CC)[O][Zn][O]c1c(F)cc(F)cc1F. The van der Waals surface area contributed by atoms with E-state index in [1.54, 1.807) is 0 Å². The van der Waals surface area contributed by atoms with Gasteiger partial charge in [0.05, 0.1) is 0 Å². The first-order chi connectivity index (χ1) is 8.98. The van der Waals surface area contributed by atoms with Gasteiger partial charge in [0.1, 0.15) is 0 Å². The van der Waals surface area contributed by atoms with Crippen LogP contribution in [0.2, 0.25) is 18.1 Å². The zero-order valence-corrected chi connectivity index (χ0v) is 15.4. The summed E-state index contributed by atoms with van der Waals surface area (Å²) in [6.45, 7) is 6.21. The van der Waals surface area contributed by atoms with Crippen molar-refractivity contribution in [1.29, 1.82) is 0 Å². The number of benzene rings is 1. The molecule has 0 aliphatic heterocycles. The van der Waals surface area contributed by atoms with Gasteiger partial charge in [-0.05, 0) is 0 Å². The summed E-state index contributed by atoms with van der Waals surface area (Å²) in [7, 11) is -1.78.